The molecule has 2 heterocycles. The van der Waals surface area contributed by atoms with Crippen molar-refractivity contribution in [1.29, 1.82) is 0 Å². The Morgan fingerprint density at radius 3 is 2.79 bits per heavy atom. The lowest BCUT2D eigenvalue weighted by Crippen LogP contribution is -2.47. The van der Waals surface area contributed by atoms with Crippen LogP contribution in [0.4, 0.5) is 0 Å². The highest BCUT2D eigenvalue weighted by Gasteiger charge is 2.25. The van der Waals surface area contributed by atoms with Gasteiger partial charge in [-0.15, -0.1) is 0 Å². The van der Waals surface area contributed by atoms with Gasteiger partial charge in [0.2, 0.25) is 0 Å². The van der Waals surface area contributed by atoms with E-state index in [9.17, 15) is 4.79 Å². The number of nitrogens with zero attached hydrogens (tertiary/aromatic N) is 1. The van der Waals surface area contributed by atoms with Gasteiger partial charge in [-0.3, -0.25) is 4.79 Å². The second-order valence-corrected chi connectivity index (χ2v) is 5.59. The molecule has 0 aromatic heterocycles. The van der Waals surface area contributed by atoms with Gasteiger partial charge in [-0.1, -0.05) is 0 Å². The van der Waals surface area contributed by atoms with E-state index in [1.54, 1.807) is 0 Å². The smallest absolute Gasteiger partial charge is 0.251 e. The summed E-state index contributed by atoms with van der Waals surface area (Å²) in [5, 5.41) is 3.30. The number of hydrogen-bond acceptors (Lipinski definition) is 4. The molecule has 2 aliphatic rings. The maximum Gasteiger partial charge on any atom is 0.251 e. The van der Waals surface area contributed by atoms with E-state index in [0.29, 0.717) is 6.61 Å². The van der Waals surface area contributed by atoms with Crippen molar-refractivity contribution in [3.8, 4) is 0 Å². The molecule has 19 heavy (non-hydrogen) atoms. The lowest BCUT2D eigenvalue weighted by Gasteiger charge is -2.31. The number of morpholine rings is 1. The van der Waals surface area contributed by atoms with Gasteiger partial charge in [0, 0.05) is 26.2 Å². The number of likely N-dealkylation sites (tertiary alicyclic amines) is 1. The van der Waals surface area contributed by atoms with Crippen LogP contribution < -0.4 is 5.32 Å². The van der Waals surface area contributed by atoms with Gasteiger partial charge in [-0.2, -0.15) is 0 Å². The Hall–Kier alpha value is -0.650. The molecule has 0 spiro atoms. The molecule has 3 atom stereocenters. The van der Waals surface area contributed by atoms with Gasteiger partial charge >= 0.3 is 0 Å². The van der Waals surface area contributed by atoms with Crippen molar-refractivity contribution in [1.82, 2.24) is 10.2 Å². The molecule has 2 fully saturated rings. The Balaban J connectivity index is 1.70. The van der Waals surface area contributed by atoms with E-state index in [4.69, 9.17) is 9.47 Å². The van der Waals surface area contributed by atoms with Gasteiger partial charge in [0.05, 0.1) is 18.8 Å². The summed E-state index contributed by atoms with van der Waals surface area (Å²) < 4.78 is 11.4. The first-order valence-corrected chi connectivity index (χ1v) is 7.43. The zero-order chi connectivity index (χ0) is 13.7. The molecule has 2 aliphatic heterocycles. The molecule has 0 aromatic carbocycles. The van der Waals surface area contributed by atoms with Crippen LogP contribution in [0.2, 0.25) is 0 Å². The first-order chi connectivity index (χ1) is 9.16. The minimum absolute atomic E-state index is 0.0559. The van der Waals surface area contributed by atoms with Gasteiger partial charge in [-0.25, -0.2) is 0 Å². The van der Waals surface area contributed by atoms with Crippen molar-refractivity contribution >= 4 is 5.91 Å². The summed E-state index contributed by atoms with van der Waals surface area (Å²) in [6.45, 7) is 7.82. The van der Waals surface area contributed by atoms with Crippen LogP contribution in [-0.4, -0.2) is 61.9 Å². The Morgan fingerprint density at radius 1 is 1.37 bits per heavy atom. The first-order valence-electron chi connectivity index (χ1n) is 7.43. The SMILES string of the molecule is CC1CNCC(COC(C)C(=O)N2CCCCC2)O1. The molecule has 0 aliphatic carbocycles. The van der Waals surface area contributed by atoms with E-state index in [0.717, 1.165) is 39.0 Å². The third-order valence-corrected chi connectivity index (χ3v) is 3.78. The first kappa shape index (κ1) is 14.8. The summed E-state index contributed by atoms with van der Waals surface area (Å²) in [5.41, 5.74) is 0. The van der Waals surface area contributed by atoms with E-state index in [2.05, 4.69) is 5.32 Å². The molecule has 1 N–H and O–H groups in total. The fourth-order valence-electron chi connectivity index (χ4n) is 2.66. The summed E-state index contributed by atoms with van der Waals surface area (Å²) in [5.74, 6) is 0.122. The molecular formula is C14H26N2O3. The maximum atomic E-state index is 12.2. The maximum absolute atomic E-state index is 12.2. The van der Waals surface area contributed by atoms with Gasteiger partial charge < -0.3 is 19.7 Å². The zero-order valence-electron chi connectivity index (χ0n) is 12.1. The molecule has 0 bridgehead atoms. The summed E-state index contributed by atoms with van der Waals surface area (Å²) in [6.07, 6.45) is 3.38. The lowest BCUT2D eigenvalue weighted by molar-refractivity contribution is -0.148. The number of piperidine rings is 1. The number of carbonyl (C=O) groups excluding carboxylic acids is 1. The Labute approximate surface area is 115 Å². The normalized spacial score (nSPS) is 30.1. The van der Waals surface area contributed by atoms with E-state index < -0.39 is 0 Å². The van der Waals surface area contributed by atoms with Crippen LogP contribution in [0, 0.1) is 0 Å². The fraction of sp³-hybridized carbons (Fsp3) is 0.929. The topological polar surface area (TPSA) is 50.8 Å². The van der Waals surface area contributed by atoms with Crippen molar-refractivity contribution in [3.63, 3.8) is 0 Å². The average Bonchev–Trinajstić information content (AvgIpc) is 2.45. The van der Waals surface area contributed by atoms with Crippen LogP contribution in [0.1, 0.15) is 33.1 Å². The summed E-state index contributed by atoms with van der Waals surface area (Å²) in [6, 6.07) is 0. The molecule has 0 aromatic rings. The number of rotatable bonds is 4. The zero-order valence-corrected chi connectivity index (χ0v) is 12.1. The molecule has 110 valence electrons. The second-order valence-electron chi connectivity index (χ2n) is 5.59. The van der Waals surface area contributed by atoms with E-state index in [1.165, 1.54) is 6.42 Å². The highest BCUT2D eigenvalue weighted by atomic mass is 16.5. The third kappa shape index (κ3) is 4.44. The number of amides is 1. The van der Waals surface area contributed by atoms with Crippen molar-refractivity contribution < 1.29 is 14.3 Å². The molecule has 0 saturated carbocycles. The molecule has 2 rings (SSSR count). The predicted octanol–water partition coefficient (Wildman–Crippen LogP) is 0.781. The van der Waals surface area contributed by atoms with E-state index >= 15 is 0 Å². The van der Waals surface area contributed by atoms with Gasteiger partial charge in [-0.05, 0) is 33.1 Å². The Bertz CT molecular complexity index is 292. The Morgan fingerprint density at radius 2 is 2.11 bits per heavy atom. The van der Waals surface area contributed by atoms with E-state index in [-0.39, 0.29) is 24.2 Å². The van der Waals surface area contributed by atoms with Crippen LogP contribution in [0.5, 0.6) is 0 Å². The third-order valence-electron chi connectivity index (χ3n) is 3.78. The number of carbonyl (C=O) groups is 1. The molecule has 0 radical (unpaired) electrons. The van der Waals surface area contributed by atoms with Crippen LogP contribution >= 0.6 is 0 Å². The molecule has 2 saturated heterocycles. The van der Waals surface area contributed by atoms with Gasteiger partial charge in [0.15, 0.2) is 0 Å². The predicted molar refractivity (Wildman–Crippen MR) is 73.0 cm³/mol. The summed E-state index contributed by atoms with van der Waals surface area (Å²) in [7, 11) is 0. The highest BCUT2D eigenvalue weighted by molar-refractivity contribution is 5.80. The minimum atomic E-state index is -0.362. The largest absolute Gasteiger partial charge is 0.370 e. The lowest BCUT2D eigenvalue weighted by atomic mass is 10.1. The number of hydrogen-bond donors (Lipinski definition) is 1. The molecular weight excluding hydrogens is 244 g/mol. The number of ether oxygens (including phenoxy) is 2. The number of nitrogens with one attached hydrogen (secondary N) is 1. The van der Waals surface area contributed by atoms with Crippen LogP contribution in [0.15, 0.2) is 0 Å². The summed E-state index contributed by atoms with van der Waals surface area (Å²) in [4.78, 5) is 14.1. The van der Waals surface area contributed by atoms with Crippen molar-refractivity contribution in [2.75, 3.05) is 32.8 Å². The molecule has 5 heteroatoms. The second kappa shape index (κ2) is 7.22. The minimum Gasteiger partial charge on any atom is -0.370 e. The van der Waals surface area contributed by atoms with Crippen LogP contribution in [0.25, 0.3) is 0 Å². The molecule has 3 unspecified atom stereocenters. The monoisotopic (exact) mass is 270 g/mol. The average molecular weight is 270 g/mol. The van der Waals surface area contributed by atoms with Gasteiger partial charge in [0.25, 0.3) is 5.91 Å². The van der Waals surface area contributed by atoms with Gasteiger partial charge in [0.1, 0.15) is 6.10 Å². The molecule has 5 nitrogen and oxygen atoms in total. The van der Waals surface area contributed by atoms with Crippen molar-refractivity contribution in [2.24, 2.45) is 0 Å². The quantitative estimate of drug-likeness (QED) is 0.820. The fourth-order valence-corrected chi connectivity index (χ4v) is 2.66. The van der Waals surface area contributed by atoms with E-state index in [1.807, 2.05) is 18.7 Å². The van der Waals surface area contributed by atoms with Crippen molar-refractivity contribution in [3.05, 3.63) is 0 Å². The standard InChI is InChI=1S/C14H26N2O3/c1-11-8-15-9-13(19-11)10-18-12(2)14(17)16-6-4-3-5-7-16/h11-13,15H,3-10H2,1-2H3. The summed E-state index contributed by atoms with van der Waals surface area (Å²) >= 11 is 0. The highest BCUT2D eigenvalue weighted by Crippen LogP contribution is 2.12. The van der Waals surface area contributed by atoms with Crippen molar-refractivity contribution in [2.45, 2.75) is 51.4 Å². The van der Waals surface area contributed by atoms with Crippen LogP contribution in [0.3, 0.4) is 0 Å². The molecule has 1 amide bonds. The Kier molecular flexibility index (Phi) is 5.60. The van der Waals surface area contributed by atoms with Crippen LogP contribution in [-0.2, 0) is 14.3 Å².